The highest BCUT2D eigenvalue weighted by atomic mass is 16.6. The molecule has 1 amide bonds. The van der Waals surface area contributed by atoms with E-state index < -0.39 is 23.6 Å². The highest BCUT2D eigenvalue weighted by Gasteiger charge is 2.53. The van der Waals surface area contributed by atoms with Gasteiger partial charge in [-0.25, -0.2) is 4.79 Å². The molecule has 2 aliphatic carbocycles. The fourth-order valence-electron chi connectivity index (χ4n) is 5.75. The molecule has 1 saturated carbocycles. The lowest BCUT2D eigenvalue weighted by atomic mass is 9.86. The number of benzene rings is 3. The fraction of sp³-hybridized carbons (Fsp3) is 0.281. The molecular weight excluding hydrogens is 492 g/mol. The van der Waals surface area contributed by atoms with Crippen LogP contribution in [-0.2, 0) is 27.8 Å². The van der Waals surface area contributed by atoms with Crippen LogP contribution in [0.1, 0.15) is 60.2 Å². The number of carbonyl (C=O) groups excluding carboxylic acids is 1. The number of aromatic nitrogens is 1. The minimum Gasteiger partial charge on any atom is -0.481 e. The van der Waals surface area contributed by atoms with E-state index in [0.29, 0.717) is 30.0 Å². The number of fused-ring (bicyclic) bond motifs is 1. The molecule has 6 rings (SSSR count). The molecule has 2 N–H and O–H groups in total. The van der Waals surface area contributed by atoms with Crippen LogP contribution in [0.3, 0.4) is 0 Å². The van der Waals surface area contributed by atoms with Crippen molar-refractivity contribution in [2.75, 3.05) is 5.32 Å². The van der Waals surface area contributed by atoms with E-state index in [0.717, 1.165) is 47.1 Å². The van der Waals surface area contributed by atoms with Gasteiger partial charge in [-0.2, -0.15) is 0 Å². The highest BCUT2D eigenvalue weighted by molar-refractivity contribution is 5.91. The molecule has 39 heavy (non-hydrogen) atoms. The van der Waals surface area contributed by atoms with Crippen LogP contribution in [0, 0.1) is 6.92 Å². The van der Waals surface area contributed by atoms with Crippen molar-refractivity contribution in [3.05, 3.63) is 94.7 Å². The first-order valence-electron chi connectivity index (χ1n) is 13.4. The normalized spacial score (nSPS) is 15.8. The lowest BCUT2D eigenvalue weighted by Crippen LogP contribution is -2.21. The summed E-state index contributed by atoms with van der Waals surface area (Å²) in [4.78, 5) is 24.7. The number of anilines is 1. The molecule has 4 aromatic rings. The first kappa shape index (κ1) is 24.9. The predicted molar refractivity (Wildman–Crippen MR) is 148 cm³/mol. The average molecular weight is 523 g/mol. The van der Waals surface area contributed by atoms with E-state index in [2.05, 4.69) is 16.5 Å². The summed E-state index contributed by atoms with van der Waals surface area (Å²) in [5.74, 6) is -0.250. The lowest BCUT2D eigenvalue weighted by Gasteiger charge is -2.18. The molecule has 7 nitrogen and oxygen atoms in total. The van der Waals surface area contributed by atoms with Crippen LogP contribution >= 0.6 is 0 Å². The number of aliphatic carboxylic acids is 1. The Kier molecular flexibility index (Phi) is 6.22. The predicted octanol–water partition coefficient (Wildman–Crippen LogP) is 7.23. The van der Waals surface area contributed by atoms with Crippen LogP contribution in [0.25, 0.3) is 22.5 Å². The number of carboxylic acid groups (broad SMARTS) is 1. The quantitative estimate of drug-likeness (QED) is 0.265. The number of hydrogen-bond donors (Lipinski definition) is 2. The van der Waals surface area contributed by atoms with E-state index in [9.17, 15) is 14.7 Å². The highest BCUT2D eigenvalue weighted by Crippen LogP contribution is 2.52. The van der Waals surface area contributed by atoms with Crippen molar-refractivity contribution < 1.29 is 24.0 Å². The molecule has 7 heteroatoms. The third kappa shape index (κ3) is 4.48. The Morgan fingerprint density at radius 2 is 1.67 bits per heavy atom. The maximum absolute atomic E-state index is 12.7. The fourth-order valence-corrected chi connectivity index (χ4v) is 5.75. The molecule has 1 aromatic heterocycles. The number of hydrogen-bond acceptors (Lipinski definition) is 5. The molecule has 0 spiro atoms. The molecule has 1 unspecified atom stereocenters. The van der Waals surface area contributed by atoms with Crippen LogP contribution in [0.2, 0.25) is 0 Å². The van der Waals surface area contributed by atoms with Crippen LogP contribution in [-0.4, -0.2) is 22.3 Å². The standard InChI is InChI=1S/C32H30N2O5/c1-19-28(33-31(37)38-20(2)21-7-4-3-5-8-21)29(39-34-19)23-13-11-22(12-14-23)24-15-16-27(26-10-6-9-25(24)26)32(17-18-32)30(35)36/h3-5,7-8,11-16,20H,6,9-10,17-18H2,1-2H3,(H,33,37)(H,35,36). The molecule has 2 aliphatic rings. The van der Waals surface area contributed by atoms with E-state index in [1.165, 1.54) is 11.1 Å². The second kappa shape index (κ2) is 9.73. The Balaban J connectivity index is 1.23. The van der Waals surface area contributed by atoms with Gasteiger partial charge in [0.15, 0.2) is 5.76 Å². The lowest BCUT2D eigenvalue weighted by molar-refractivity contribution is -0.140. The number of nitrogens with one attached hydrogen (secondary N) is 1. The van der Waals surface area contributed by atoms with Crippen LogP contribution in [0.5, 0.6) is 0 Å². The Morgan fingerprint density at radius 3 is 2.36 bits per heavy atom. The Morgan fingerprint density at radius 1 is 0.974 bits per heavy atom. The third-order valence-electron chi connectivity index (χ3n) is 8.06. The van der Waals surface area contributed by atoms with Crippen molar-refractivity contribution in [1.29, 1.82) is 0 Å². The van der Waals surface area contributed by atoms with Gasteiger partial charge in [0.05, 0.1) is 5.41 Å². The molecule has 1 atom stereocenters. The summed E-state index contributed by atoms with van der Waals surface area (Å²) in [6, 6.07) is 21.6. The summed E-state index contributed by atoms with van der Waals surface area (Å²) >= 11 is 0. The molecule has 0 aliphatic heterocycles. The van der Waals surface area contributed by atoms with Gasteiger partial charge in [0, 0.05) is 5.56 Å². The maximum atomic E-state index is 12.7. The van der Waals surface area contributed by atoms with E-state index in [1.807, 2.05) is 67.6 Å². The summed E-state index contributed by atoms with van der Waals surface area (Å²) in [6.45, 7) is 3.59. The zero-order chi connectivity index (χ0) is 27.1. The number of nitrogens with zero attached hydrogens (tertiary/aromatic N) is 1. The number of ether oxygens (including phenoxy) is 1. The largest absolute Gasteiger partial charge is 0.481 e. The van der Waals surface area contributed by atoms with Gasteiger partial charge in [-0.05, 0) is 79.3 Å². The number of carboxylic acids is 1. The van der Waals surface area contributed by atoms with E-state index in [1.54, 1.807) is 6.92 Å². The first-order chi connectivity index (χ1) is 18.9. The third-order valence-corrected chi connectivity index (χ3v) is 8.06. The maximum Gasteiger partial charge on any atom is 0.412 e. The van der Waals surface area contributed by atoms with Gasteiger partial charge in [0.25, 0.3) is 0 Å². The van der Waals surface area contributed by atoms with Gasteiger partial charge in [-0.3, -0.25) is 10.1 Å². The van der Waals surface area contributed by atoms with E-state index in [-0.39, 0.29) is 0 Å². The monoisotopic (exact) mass is 522 g/mol. The van der Waals surface area contributed by atoms with E-state index >= 15 is 0 Å². The second-order valence-electron chi connectivity index (χ2n) is 10.5. The number of rotatable bonds is 7. The van der Waals surface area contributed by atoms with Crippen molar-refractivity contribution in [2.45, 2.75) is 57.5 Å². The molecule has 0 radical (unpaired) electrons. The Bertz CT molecular complexity index is 1550. The SMILES string of the molecule is Cc1noc(-c2ccc(-c3ccc(C4(C(=O)O)CC4)c4c3CCC4)cc2)c1NC(=O)OC(C)c1ccccc1. The molecule has 198 valence electrons. The van der Waals surface area contributed by atoms with Gasteiger partial charge in [-0.15, -0.1) is 0 Å². The van der Waals surface area contributed by atoms with Crippen LogP contribution in [0.4, 0.5) is 10.5 Å². The van der Waals surface area contributed by atoms with Gasteiger partial charge < -0.3 is 14.4 Å². The second-order valence-corrected chi connectivity index (χ2v) is 10.5. The van der Waals surface area contributed by atoms with Gasteiger partial charge in [-0.1, -0.05) is 71.9 Å². The first-order valence-corrected chi connectivity index (χ1v) is 13.4. The van der Waals surface area contributed by atoms with Gasteiger partial charge in [0.2, 0.25) is 0 Å². The average Bonchev–Trinajstić information content (AvgIpc) is 3.48. The number of amides is 1. The summed E-state index contributed by atoms with van der Waals surface area (Å²) in [6.07, 6.45) is 3.36. The Labute approximate surface area is 226 Å². The summed E-state index contributed by atoms with van der Waals surface area (Å²) in [5.41, 5.74) is 7.71. The van der Waals surface area contributed by atoms with Crippen LogP contribution in [0.15, 0.2) is 71.3 Å². The minimum absolute atomic E-state index is 0.410. The van der Waals surface area contributed by atoms with Crippen molar-refractivity contribution in [3.8, 4) is 22.5 Å². The van der Waals surface area contributed by atoms with Crippen molar-refractivity contribution in [1.82, 2.24) is 5.16 Å². The number of carbonyl (C=O) groups is 2. The number of aryl methyl sites for hydroxylation is 1. The summed E-state index contributed by atoms with van der Waals surface area (Å²) < 4.78 is 11.2. The topological polar surface area (TPSA) is 102 Å². The summed E-state index contributed by atoms with van der Waals surface area (Å²) in [5, 5.41) is 16.7. The molecule has 1 heterocycles. The Hall–Kier alpha value is -4.39. The van der Waals surface area contributed by atoms with E-state index in [4.69, 9.17) is 9.26 Å². The molecular formula is C32H30N2O5. The molecule has 0 bridgehead atoms. The summed E-state index contributed by atoms with van der Waals surface area (Å²) in [7, 11) is 0. The van der Waals surface area contributed by atoms with Crippen molar-refractivity contribution in [3.63, 3.8) is 0 Å². The minimum atomic E-state index is -0.709. The van der Waals surface area contributed by atoms with Crippen LogP contribution < -0.4 is 5.32 Å². The van der Waals surface area contributed by atoms with Gasteiger partial charge >= 0.3 is 12.1 Å². The smallest absolute Gasteiger partial charge is 0.412 e. The van der Waals surface area contributed by atoms with Crippen molar-refractivity contribution in [2.24, 2.45) is 0 Å². The molecule has 0 saturated heterocycles. The molecule has 1 fully saturated rings. The molecule has 3 aromatic carbocycles. The van der Waals surface area contributed by atoms with Gasteiger partial charge in [0.1, 0.15) is 17.5 Å². The zero-order valence-corrected chi connectivity index (χ0v) is 22.0. The zero-order valence-electron chi connectivity index (χ0n) is 22.0. The van der Waals surface area contributed by atoms with Crippen molar-refractivity contribution >= 4 is 17.7 Å².